The summed E-state index contributed by atoms with van der Waals surface area (Å²) < 4.78 is 0. The van der Waals surface area contributed by atoms with Gasteiger partial charge >= 0.3 is 0 Å². The van der Waals surface area contributed by atoms with Crippen LogP contribution < -0.4 is 5.73 Å². The largest absolute Gasteiger partial charge is 0.342 e. The lowest BCUT2D eigenvalue weighted by atomic mass is 9.89. The number of carbonyl (C=O) groups is 1. The average Bonchev–Trinajstić information content (AvgIpc) is 2.35. The lowest BCUT2D eigenvalue weighted by Crippen LogP contribution is -2.45. The molecule has 1 aliphatic heterocycles. The number of hydrogen-bond donors (Lipinski definition) is 1. The fraction of sp³-hybridized carbons (Fsp3) is 0.933. The summed E-state index contributed by atoms with van der Waals surface area (Å²) >= 11 is 0. The van der Waals surface area contributed by atoms with Crippen LogP contribution in [0.4, 0.5) is 0 Å². The molecule has 4 heteroatoms. The first-order valence-corrected chi connectivity index (χ1v) is 7.46. The van der Waals surface area contributed by atoms with Gasteiger partial charge in [0.25, 0.3) is 0 Å². The van der Waals surface area contributed by atoms with Gasteiger partial charge in [-0.3, -0.25) is 4.79 Å². The highest BCUT2D eigenvalue weighted by Crippen LogP contribution is 2.24. The Kier molecular flexibility index (Phi) is 8.67. The number of nitrogens with two attached hydrogens (primary N) is 1. The van der Waals surface area contributed by atoms with E-state index in [4.69, 9.17) is 5.73 Å². The third kappa shape index (κ3) is 6.13. The second-order valence-corrected chi connectivity index (χ2v) is 6.39. The van der Waals surface area contributed by atoms with E-state index in [0.717, 1.165) is 24.9 Å². The average molecular weight is 291 g/mol. The molecule has 0 aliphatic carbocycles. The predicted octanol–water partition coefficient (Wildman–Crippen LogP) is 3.07. The molecule has 1 rings (SSSR count). The van der Waals surface area contributed by atoms with Gasteiger partial charge in [0.05, 0.1) is 5.92 Å². The maximum absolute atomic E-state index is 12.2. The lowest BCUT2D eigenvalue weighted by molar-refractivity contribution is -0.136. The monoisotopic (exact) mass is 290 g/mol. The molecule has 0 saturated carbocycles. The number of piperidine rings is 1. The van der Waals surface area contributed by atoms with Gasteiger partial charge in [-0.15, -0.1) is 12.4 Å². The van der Waals surface area contributed by atoms with Crippen molar-refractivity contribution in [1.82, 2.24) is 4.90 Å². The summed E-state index contributed by atoms with van der Waals surface area (Å²) in [6.45, 7) is 10.3. The van der Waals surface area contributed by atoms with Crippen molar-refractivity contribution < 1.29 is 4.79 Å². The Morgan fingerprint density at radius 2 is 1.74 bits per heavy atom. The minimum atomic E-state index is -0.0452. The minimum Gasteiger partial charge on any atom is -0.342 e. The van der Waals surface area contributed by atoms with E-state index in [-0.39, 0.29) is 30.3 Å². The van der Waals surface area contributed by atoms with Crippen molar-refractivity contribution in [3.8, 4) is 0 Å². The number of amides is 1. The minimum absolute atomic E-state index is 0. The first-order chi connectivity index (χ1) is 8.41. The zero-order valence-electron chi connectivity index (χ0n) is 12.9. The van der Waals surface area contributed by atoms with Crippen molar-refractivity contribution in [3.05, 3.63) is 0 Å². The second-order valence-electron chi connectivity index (χ2n) is 6.39. The van der Waals surface area contributed by atoms with Crippen molar-refractivity contribution >= 4 is 18.3 Å². The predicted molar refractivity (Wildman–Crippen MR) is 83.4 cm³/mol. The van der Waals surface area contributed by atoms with Gasteiger partial charge in [0.15, 0.2) is 0 Å². The number of rotatable bonds is 5. The van der Waals surface area contributed by atoms with Crippen LogP contribution in [0.25, 0.3) is 0 Å². The van der Waals surface area contributed by atoms with Crippen LogP contribution in [-0.4, -0.2) is 29.9 Å². The van der Waals surface area contributed by atoms with Crippen molar-refractivity contribution in [1.29, 1.82) is 0 Å². The van der Waals surface area contributed by atoms with E-state index in [1.165, 1.54) is 25.7 Å². The molecular weight excluding hydrogens is 260 g/mol. The van der Waals surface area contributed by atoms with Gasteiger partial charge < -0.3 is 10.6 Å². The van der Waals surface area contributed by atoms with Gasteiger partial charge in [-0.05, 0) is 31.6 Å². The summed E-state index contributed by atoms with van der Waals surface area (Å²) in [5.41, 5.74) is 5.80. The quantitative estimate of drug-likeness (QED) is 0.846. The van der Waals surface area contributed by atoms with Crippen molar-refractivity contribution in [3.63, 3.8) is 0 Å². The third-order valence-electron chi connectivity index (χ3n) is 4.26. The fourth-order valence-electron chi connectivity index (χ4n) is 2.52. The van der Waals surface area contributed by atoms with Crippen LogP contribution in [0.15, 0.2) is 0 Å². The molecule has 3 nitrogen and oxygen atoms in total. The molecular formula is C15H31ClN2O. The molecule has 1 saturated heterocycles. The SMILES string of the molecule is CC(C)CCC1CCN(C(=O)C(C)C(C)N)CC1.Cl. The molecule has 2 N–H and O–H groups in total. The first-order valence-electron chi connectivity index (χ1n) is 7.46. The molecule has 0 aromatic heterocycles. The normalized spacial score (nSPS) is 20.0. The zero-order valence-corrected chi connectivity index (χ0v) is 13.7. The summed E-state index contributed by atoms with van der Waals surface area (Å²) in [6, 6.07) is -0.0452. The molecule has 0 aromatic rings. The number of halogens is 1. The second kappa shape index (κ2) is 8.80. The summed E-state index contributed by atoms with van der Waals surface area (Å²) in [5.74, 6) is 1.81. The first kappa shape index (κ1) is 18.7. The summed E-state index contributed by atoms with van der Waals surface area (Å²) in [7, 11) is 0. The van der Waals surface area contributed by atoms with Gasteiger partial charge in [-0.2, -0.15) is 0 Å². The molecule has 0 radical (unpaired) electrons. The Hall–Kier alpha value is -0.280. The molecule has 1 fully saturated rings. The van der Waals surface area contributed by atoms with E-state index in [1.54, 1.807) is 0 Å². The Morgan fingerprint density at radius 3 is 2.16 bits per heavy atom. The van der Waals surface area contributed by atoms with Crippen LogP contribution >= 0.6 is 12.4 Å². The highest BCUT2D eigenvalue weighted by atomic mass is 35.5. The Balaban J connectivity index is 0.00000324. The maximum Gasteiger partial charge on any atom is 0.226 e. The van der Waals surface area contributed by atoms with E-state index in [0.29, 0.717) is 0 Å². The van der Waals surface area contributed by atoms with E-state index in [9.17, 15) is 4.79 Å². The van der Waals surface area contributed by atoms with E-state index >= 15 is 0 Å². The molecule has 1 aliphatic rings. The Bertz CT molecular complexity index is 261. The van der Waals surface area contributed by atoms with Crippen molar-refractivity contribution in [2.75, 3.05) is 13.1 Å². The Labute approximate surface area is 124 Å². The lowest BCUT2D eigenvalue weighted by Gasteiger charge is -2.34. The molecule has 1 amide bonds. The van der Waals surface area contributed by atoms with E-state index in [1.807, 2.05) is 18.7 Å². The topological polar surface area (TPSA) is 46.3 Å². The molecule has 0 aromatic carbocycles. The fourth-order valence-corrected chi connectivity index (χ4v) is 2.52. The number of likely N-dealkylation sites (tertiary alicyclic amines) is 1. The summed E-state index contributed by atoms with van der Waals surface area (Å²) in [4.78, 5) is 14.2. The maximum atomic E-state index is 12.2. The van der Waals surface area contributed by atoms with Crippen LogP contribution in [0.1, 0.15) is 53.4 Å². The van der Waals surface area contributed by atoms with Crippen LogP contribution in [0.5, 0.6) is 0 Å². The molecule has 0 spiro atoms. The summed E-state index contributed by atoms with van der Waals surface area (Å²) in [5, 5.41) is 0. The number of carbonyl (C=O) groups excluding carboxylic acids is 1. The molecule has 0 bridgehead atoms. The Morgan fingerprint density at radius 1 is 1.21 bits per heavy atom. The van der Waals surface area contributed by atoms with Crippen LogP contribution in [0.3, 0.4) is 0 Å². The van der Waals surface area contributed by atoms with Crippen molar-refractivity contribution in [2.45, 2.75) is 59.4 Å². The van der Waals surface area contributed by atoms with E-state index in [2.05, 4.69) is 13.8 Å². The number of nitrogens with zero attached hydrogens (tertiary/aromatic N) is 1. The van der Waals surface area contributed by atoms with Gasteiger partial charge in [-0.1, -0.05) is 33.6 Å². The van der Waals surface area contributed by atoms with Gasteiger partial charge in [0.1, 0.15) is 0 Å². The molecule has 114 valence electrons. The highest BCUT2D eigenvalue weighted by molar-refractivity contribution is 5.85. The molecule has 2 atom stereocenters. The van der Waals surface area contributed by atoms with Gasteiger partial charge in [-0.25, -0.2) is 0 Å². The third-order valence-corrected chi connectivity index (χ3v) is 4.26. The van der Waals surface area contributed by atoms with Crippen LogP contribution in [0.2, 0.25) is 0 Å². The molecule has 2 unspecified atom stereocenters. The highest BCUT2D eigenvalue weighted by Gasteiger charge is 2.27. The zero-order chi connectivity index (χ0) is 13.7. The van der Waals surface area contributed by atoms with Crippen LogP contribution in [0, 0.1) is 17.8 Å². The standard InChI is InChI=1S/C15H30N2O.ClH/c1-11(2)5-6-14-7-9-17(10-8-14)15(18)12(3)13(4)16;/h11-14H,5-10,16H2,1-4H3;1H. The summed E-state index contributed by atoms with van der Waals surface area (Å²) in [6.07, 6.45) is 4.98. The van der Waals surface area contributed by atoms with Crippen molar-refractivity contribution in [2.24, 2.45) is 23.5 Å². The smallest absolute Gasteiger partial charge is 0.226 e. The van der Waals surface area contributed by atoms with E-state index < -0.39 is 0 Å². The molecule has 1 heterocycles. The molecule has 19 heavy (non-hydrogen) atoms. The van der Waals surface area contributed by atoms with Gasteiger partial charge in [0.2, 0.25) is 5.91 Å². The van der Waals surface area contributed by atoms with Gasteiger partial charge in [0, 0.05) is 19.1 Å². The number of hydrogen-bond acceptors (Lipinski definition) is 2. The van der Waals surface area contributed by atoms with Crippen LogP contribution in [-0.2, 0) is 4.79 Å².